The molecule has 0 saturated carbocycles. The first-order chi connectivity index (χ1) is 28.2. The second kappa shape index (κ2) is 11.2. The Bertz CT molecular complexity index is 3900. The minimum Gasteiger partial charge on any atom is -0.456 e. The maximum Gasteiger partial charge on any atom is 0.187 e. The summed E-state index contributed by atoms with van der Waals surface area (Å²) in [5.74, 6) is 0. The molecular formula is C55H29NO. The molecule has 260 valence electrons. The molecule has 57 heavy (non-hydrogen) atoms. The van der Waals surface area contributed by atoms with Crippen molar-refractivity contribution in [2.24, 2.45) is 0 Å². The molecule has 0 N–H and O–H groups in total. The van der Waals surface area contributed by atoms with E-state index in [4.69, 9.17) is 11.0 Å². The van der Waals surface area contributed by atoms with Crippen molar-refractivity contribution < 1.29 is 4.42 Å². The first-order valence-corrected chi connectivity index (χ1v) is 19.4. The standard InChI is InChI=1S/C55H29NO/c1-56-34-20-16-32(17-21-34)35-23-25-45-44-15-7-13-42-36(24-26-46(54(42)44)43-14-6-12-41(35)53(43)45)33-18-22-40-47(28-33)38-10-4-5-11-39(38)48-29-50-52(30-49(40)48)57-51-27-19-31-8-2-3-9-37(31)55(50)51/h2-30H. The maximum atomic E-state index is 7.41. The summed E-state index contributed by atoms with van der Waals surface area (Å²) in [5, 5.41) is 22.3. The van der Waals surface area contributed by atoms with Crippen molar-refractivity contribution >= 4 is 114 Å². The third-order valence-corrected chi connectivity index (χ3v) is 12.6. The van der Waals surface area contributed by atoms with E-state index in [0.717, 1.165) is 22.1 Å². The average Bonchev–Trinajstić information content (AvgIpc) is 3.65. The summed E-state index contributed by atoms with van der Waals surface area (Å²) in [7, 11) is 0. The fraction of sp³-hybridized carbons (Fsp3) is 0. The van der Waals surface area contributed by atoms with Gasteiger partial charge in [0.1, 0.15) is 11.2 Å². The van der Waals surface area contributed by atoms with Crippen molar-refractivity contribution in [3.05, 3.63) is 187 Å². The van der Waals surface area contributed by atoms with Crippen molar-refractivity contribution in [2.45, 2.75) is 0 Å². The Labute approximate surface area is 326 Å². The van der Waals surface area contributed by atoms with Crippen LogP contribution >= 0.6 is 0 Å². The van der Waals surface area contributed by atoms with Crippen LogP contribution in [0.2, 0.25) is 0 Å². The van der Waals surface area contributed by atoms with E-state index in [0.29, 0.717) is 5.69 Å². The van der Waals surface area contributed by atoms with Gasteiger partial charge < -0.3 is 4.42 Å². The van der Waals surface area contributed by atoms with E-state index in [1.807, 2.05) is 12.1 Å². The van der Waals surface area contributed by atoms with Crippen LogP contribution in [0.3, 0.4) is 0 Å². The zero-order chi connectivity index (χ0) is 37.4. The van der Waals surface area contributed by atoms with Crippen LogP contribution in [0.5, 0.6) is 0 Å². The summed E-state index contributed by atoms with van der Waals surface area (Å²) in [6.45, 7) is 7.41. The Morgan fingerprint density at radius 2 is 0.842 bits per heavy atom. The normalized spacial score (nSPS) is 12.2. The number of nitrogens with zero attached hydrogens (tertiary/aromatic N) is 1. The van der Waals surface area contributed by atoms with Gasteiger partial charge in [-0.15, -0.1) is 0 Å². The molecule has 1 heterocycles. The third-order valence-electron chi connectivity index (χ3n) is 12.6. The molecule has 2 nitrogen and oxygen atoms in total. The highest BCUT2D eigenvalue weighted by Crippen LogP contribution is 2.47. The summed E-state index contributed by atoms with van der Waals surface area (Å²) in [6, 6.07) is 64.0. The second-order valence-corrected chi connectivity index (χ2v) is 15.4. The summed E-state index contributed by atoms with van der Waals surface area (Å²) in [5.41, 5.74) is 7.23. The van der Waals surface area contributed by atoms with Crippen LogP contribution in [-0.2, 0) is 0 Å². The van der Waals surface area contributed by atoms with Gasteiger partial charge in [0.05, 0.1) is 6.57 Å². The fourth-order valence-electron chi connectivity index (χ4n) is 10.1. The number of hydrogen-bond donors (Lipinski definition) is 0. The Hall–Kier alpha value is -7.73. The number of hydrogen-bond acceptors (Lipinski definition) is 1. The number of fused-ring (bicyclic) bond motifs is 13. The van der Waals surface area contributed by atoms with Gasteiger partial charge in [-0.2, -0.15) is 0 Å². The average molecular weight is 720 g/mol. The molecule has 0 fully saturated rings. The van der Waals surface area contributed by atoms with Gasteiger partial charge in [-0.25, -0.2) is 4.85 Å². The molecular weight excluding hydrogens is 691 g/mol. The summed E-state index contributed by atoms with van der Waals surface area (Å²) < 4.78 is 6.58. The molecule has 0 bridgehead atoms. The molecule has 2 heteroatoms. The lowest BCUT2D eigenvalue weighted by Crippen LogP contribution is -1.91. The molecule has 0 saturated heterocycles. The number of furan rings is 1. The van der Waals surface area contributed by atoms with Crippen LogP contribution in [0.25, 0.3) is 135 Å². The smallest absolute Gasteiger partial charge is 0.187 e. The minimum absolute atomic E-state index is 0.656. The van der Waals surface area contributed by atoms with Crippen molar-refractivity contribution in [3.63, 3.8) is 0 Å². The van der Waals surface area contributed by atoms with E-state index >= 15 is 0 Å². The van der Waals surface area contributed by atoms with Crippen molar-refractivity contribution in [2.75, 3.05) is 0 Å². The Morgan fingerprint density at radius 3 is 1.54 bits per heavy atom. The first-order valence-electron chi connectivity index (χ1n) is 19.4. The fourth-order valence-corrected chi connectivity index (χ4v) is 10.1. The highest BCUT2D eigenvalue weighted by molar-refractivity contribution is 6.36. The SMILES string of the molecule is [C-]#[N+]c1ccc(-c2ccc3c4cccc5c(-c6ccc7c(c6)c6ccccc6c6cc8c(cc76)oc6ccc7ccccc7c68)ccc(c6cccc2c36)c54)cc1. The van der Waals surface area contributed by atoms with Gasteiger partial charge in [0.2, 0.25) is 0 Å². The van der Waals surface area contributed by atoms with Gasteiger partial charge in [0.25, 0.3) is 0 Å². The van der Waals surface area contributed by atoms with Crippen LogP contribution in [0.15, 0.2) is 180 Å². The largest absolute Gasteiger partial charge is 0.456 e. The van der Waals surface area contributed by atoms with Crippen molar-refractivity contribution in [1.82, 2.24) is 0 Å². The second-order valence-electron chi connectivity index (χ2n) is 15.4. The zero-order valence-electron chi connectivity index (χ0n) is 30.6. The lowest BCUT2D eigenvalue weighted by atomic mass is 9.85. The lowest BCUT2D eigenvalue weighted by molar-refractivity contribution is 0.670. The van der Waals surface area contributed by atoms with E-state index in [-0.39, 0.29) is 0 Å². The van der Waals surface area contributed by atoms with Crippen LogP contribution in [0.1, 0.15) is 0 Å². The molecule has 0 atom stereocenters. The predicted octanol–water partition coefficient (Wildman–Crippen LogP) is 16.1. The molecule has 0 aliphatic rings. The van der Waals surface area contributed by atoms with Gasteiger partial charge in [-0.05, 0) is 133 Å². The Kier molecular flexibility index (Phi) is 5.99. The van der Waals surface area contributed by atoms with Gasteiger partial charge in [-0.3, -0.25) is 0 Å². The van der Waals surface area contributed by atoms with Crippen LogP contribution in [0.4, 0.5) is 5.69 Å². The van der Waals surface area contributed by atoms with E-state index in [1.54, 1.807) is 0 Å². The molecule has 0 aliphatic carbocycles. The monoisotopic (exact) mass is 719 g/mol. The van der Waals surface area contributed by atoms with Gasteiger partial charge in [0.15, 0.2) is 5.69 Å². The number of rotatable bonds is 2. The molecule has 13 aromatic rings. The van der Waals surface area contributed by atoms with Gasteiger partial charge in [0, 0.05) is 10.8 Å². The molecule has 0 spiro atoms. The Balaban J connectivity index is 1.05. The highest BCUT2D eigenvalue weighted by Gasteiger charge is 2.19. The lowest BCUT2D eigenvalue weighted by Gasteiger charge is -2.18. The summed E-state index contributed by atoms with van der Waals surface area (Å²) in [4.78, 5) is 3.61. The van der Waals surface area contributed by atoms with Crippen LogP contribution in [0, 0.1) is 6.57 Å². The van der Waals surface area contributed by atoms with E-state index in [9.17, 15) is 0 Å². The van der Waals surface area contributed by atoms with Crippen LogP contribution < -0.4 is 0 Å². The molecule has 13 rings (SSSR count). The van der Waals surface area contributed by atoms with Crippen molar-refractivity contribution in [1.29, 1.82) is 0 Å². The summed E-state index contributed by atoms with van der Waals surface area (Å²) >= 11 is 0. The predicted molar refractivity (Wildman–Crippen MR) is 242 cm³/mol. The molecule has 1 aromatic heterocycles. The maximum absolute atomic E-state index is 7.41. The summed E-state index contributed by atoms with van der Waals surface area (Å²) in [6.07, 6.45) is 0. The van der Waals surface area contributed by atoms with E-state index < -0.39 is 0 Å². The van der Waals surface area contributed by atoms with E-state index in [1.165, 1.54) is 108 Å². The molecule has 0 radical (unpaired) electrons. The van der Waals surface area contributed by atoms with Crippen LogP contribution in [-0.4, -0.2) is 0 Å². The first kappa shape index (κ1) is 30.6. The number of benzene rings is 12. The van der Waals surface area contributed by atoms with E-state index in [2.05, 4.69) is 169 Å². The molecule has 0 aliphatic heterocycles. The van der Waals surface area contributed by atoms with Gasteiger partial charge >= 0.3 is 0 Å². The topological polar surface area (TPSA) is 17.5 Å². The highest BCUT2D eigenvalue weighted by atomic mass is 16.3. The van der Waals surface area contributed by atoms with Gasteiger partial charge in [-0.1, -0.05) is 152 Å². The molecule has 0 amide bonds. The quantitative estimate of drug-likeness (QED) is 0.0988. The van der Waals surface area contributed by atoms with Crippen molar-refractivity contribution in [3.8, 4) is 22.3 Å². The Morgan fingerprint density at radius 1 is 0.316 bits per heavy atom. The zero-order valence-corrected chi connectivity index (χ0v) is 30.6. The molecule has 12 aromatic carbocycles. The minimum atomic E-state index is 0.656. The third kappa shape index (κ3) is 4.13. The molecule has 0 unspecified atom stereocenters.